The number of nitrogens with zero attached hydrogens (tertiary/aromatic N) is 2. The number of aromatic nitrogens is 2. The largest absolute Gasteiger partial charge is 0.292 e. The highest BCUT2D eigenvalue weighted by molar-refractivity contribution is 5.96. The van der Waals surface area contributed by atoms with Crippen LogP contribution in [0.1, 0.15) is 28.9 Å². The average molecular weight is 240 g/mol. The first-order valence-electron chi connectivity index (χ1n) is 5.97. The van der Waals surface area contributed by atoms with Gasteiger partial charge in [-0.1, -0.05) is 18.2 Å². The summed E-state index contributed by atoms with van der Waals surface area (Å²) in [7, 11) is 0. The van der Waals surface area contributed by atoms with E-state index in [9.17, 15) is 9.59 Å². The van der Waals surface area contributed by atoms with Gasteiger partial charge in [-0.15, -0.1) is 0 Å². The van der Waals surface area contributed by atoms with Crippen LogP contribution >= 0.6 is 0 Å². The van der Waals surface area contributed by atoms with Crippen molar-refractivity contribution in [3.8, 4) is 5.69 Å². The Morgan fingerprint density at radius 2 is 1.83 bits per heavy atom. The number of hydrogen-bond acceptors (Lipinski definition) is 3. The van der Waals surface area contributed by atoms with Crippen molar-refractivity contribution in [3.63, 3.8) is 0 Å². The Hall–Kier alpha value is -2.23. The fourth-order valence-corrected chi connectivity index (χ4v) is 2.23. The van der Waals surface area contributed by atoms with E-state index >= 15 is 0 Å². The molecule has 0 radical (unpaired) electrons. The Labute approximate surface area is 104 Å². The van der Waals surface area contributed by atoms with Crippen molar-refractivity contribution in [2.45, 2.75) is 19.3 Å². The molecule has 18 heavy (non-hydrogen) atoms. The van der Waals surface area contributed by atoms with Crippen molar-refractivity contribution >= 4 is 5.78 Å². The minimum absolute atomic E-state index is 0.0286. The number of aryl methyl sites for hydroxylation is 1. The van der Waals surface area contributed by atoms with Crippen LogP contribution in [0, 0.1) is 0 Å². The molecule has 0 N–H and O–H groups in total. The summed E-state index contributed by atoms with van der Waals surface area (Å²) < 4.78 is 1.29. The molecule has 0 aliphatic heterocycles. The molecule has 90 valence electrons. The summed E-state index contributed by atoms with van der Waals surface area (Å²) >= 11 is 0. The van der Waals surface area contributed by atoms with Gasteiger partial charge in [-0.3, -0.25) is 9.59 Å². The van der Waals surface area contributed by atoms with Crippen molar-refractivity contribution < 1.29 is 4.79 Å². The van der Waals surface area contributed by atoms with E-state index in [1.54, 1.807) is 12.1 Å². The molecule has 4 heteroatoms. The molecule has 1 aliphatic rings. The average Bonchev–Trinajstić information content (AvgIpc) is 2.39. The Balaban J connectivity index is 2.20. The molecular weight excluding hydrogens is 228 g/mol. The van der Waals surface area contributed by atoms with Gasteiger partial charge in [-0.25, -0.2) is 0 Å². The molecule has 4 nitrogen and oxygen atoms in total. The molecule has 3 rings (SSSR count). The molecule has 1 aromatic carbocycles. The third-order valence-corrected chi connectivity index (χ3v) is 3.13. The smallest absolute Gasteiger partial charge is 0.271 e. The molecule has 1 aromatic heterocycles. The van der Waals surface area contributed by atoms with Gasteiger partial charge in [-0.05, 0) is 30.5 Å². The van der Waals surface area contributed by atoms with Gasteiger partial charge in [0.2, 0.25) is 0 Å². The first kappa shape index (κ1) is 10.9. The van der Waals surface area contributed by atoms with Gasteiger partial charge < -0.3 is 0 Å². The fraction of sp³-hybridized carbons (Fsp3) is 0.214. The second-order valence-electron chi connectivity index (χ2n) is 4.38. The van der Waals surface area contributed by atoms with Crippen LogP contribution in [0.4, 0.5) is 0 Å². The molecule has 0 spiro atoms. The number of carbonyl (C=O) groups excluding carboxylic acids is 1. The van der Waals surface area contributed by atoms with Crippen LogP contribution in [0.3, 0.4) is 0 Å². The predicted octanol–water partition coefficient (Wildman–Crippen LogP) is 1.75. The molecular formula is C14H12N2O2. The first-order valence-corrected chi connectivity index (χ1v) is 5.97. The molecule has 1 heterocycles. The van der Waals surface area contributed by atoms with E-state index in [1.807, 2.05) is 18.2 Å². The quantitative estimate of drug-likeness (QED) is 0.763. The van der Waals surface area contributed by atoms with Crippen molar-refractivity contribution in [2.24, 2.45) is 0 Å². The number of ketones is 1. The zero-order chi connectivity index (χ0) is 12.5. The summed E-state index contributed by atoms with van der Waals surface area (Å²) in [5.41, 5.74) is 1.73. The van der Waals surface area contributed by atoms with Crippen LogP contribution in [0.2, 0.25) is 0 Å². The lowest BCUT2D eigenvalue weighted by Gasteiger charge is -2.14. The number of Topliss-reactive ketones (excluding diaryl/α,β-unsaturated/α-hetero) is 1. The number of para-hydroxylation sites is 1. The van der Waals surface area contributed by atoms with Crippen molar-refractivity contribution in [1.29, 1.82) is 0 Å². The van der Waals surface area contributed by atoms with Crippen LogP contribution in [0.25, 0.3) is 5.69 Å². The summed E-state index contributed by atoms with van der Waals surface area (Å²) in [5.74, 6) is 0.0286. The van der Waals surface area contributed by atoms with E-state index in [4.69, 9.17) is 0 Å². The highest BCUT2D eigenvalue weighted by Gasteiger charge is 2.20. The third kappa shape index (κ3) is 1.76. The Kier molecular flexibility index (Phi) is 2.55. The van der Waals surface area contributed by atoms with Crippen LogP contribution in [0.15, 0.2) is 41.2 Å². The minimum Gasteiger partial charge on any atom is -0.292 e. The number of benzene rings is 1. The molecule has 2 aromatic rings. The van der Waals surface area contributed by atoms with Crippen molar-refractivity contribution in [3.05, 3.63) is 58.0 Å². The monoisotopic (exact) mass is 240 g/mol. The number of fused-ring (bicyclic) bond motifs is 1. The van der Waals surface area contributed by atoms with Crippen LogP contribution in [0.5, 0.6) is 0 Å². The number of carbonyl (C=O) groups is 1. The first-order chi connectivity index (χ1) is 8.75. The van der Waals surface area contributed by atoms with E-state index in [2.05, 4.69) is 5.10 Å². The molecule has 0 fully saturated rings. The Morgan fingerprint density at radius 1 is 1.06 bits per heavy atom. The van der Waals surface area contributed by atoms with Crippen molar-refractivity contribution in [2.75, 3.05) is 0 Å². The summed E-state index contributed by atoms with van der Waals surface area (Å²) in [4.78, 5) is 23.8. The molecule has 0 saturated heterocycles. The second-order valence-corrected chi connectivity index (χ2v) is 4.38. The zero-order valence-electron chi connectivity index (χ0n) is 9.80. The SMILES string of the molecule is O=C1CCCc2cc(=O)n(-c3ccccc3)nc21. The van der Waals surface area contributed by atoms with E-state index in [1.165, 1.54) is 10.7 Å². The van der Waals surface area contributed by atoms with Gasteiger partial charge in [0, 0.05) is 12.5 Å². The summed E-state index contributed by atoms with van der Waals surface area (Å²) in [6.07, 6.45) is 2.09. The Morgan fingerprint density at radius 3 is 2.61 bits per heavy atom. The van der Waals surface area contributed by atoms with Gasteiger partial charge in [0.05, 0.1) is 5.69 Å². The second kappa shape index (κ2) is 4.22. The van der Waals surface area contributed by atoms with Crippen molar-refractivity contribution in [1.82, 2.24) is 9.78 Å². The highest BCUT2D eigenvalue weighted by Crippen LogP contribution is 2.17. The van der Waals surface area contributed by atoms with E-state index in [0.717, 1.165) is 18.4 Å². The lowest BCUT2D eigenvalue weighted by Crippen LogP contribution is -2.27. The number of rotatable bonds is 1. The van der Waals surface area contributed by atoms with E-state index in [0.29, 0.717) is 17.8 Å². The number of hydrogen-bond donors (Lipinski definition) is 0. The summed E-state index contributed by atoms with van der Waals surface area (Å²) in [6, 6.07) is 10.7. The molecule has 0 atom stereocenters. The van der Waals surface area contributed by atoms with Gasteiger partial charge in [0.15, 0.2) is 5.78 Å². The van der Waals surface area contributed by atoms with Gasteiger partial charge in [0.1, 0.15) is 5.69 Å². The third-order valence-electron chi connectivity index (χ3n) is 3.13. The van der Waals surface area contributed by atoms with Gasteiger partial charge >= 0.3 is 0 Å². The maximum atomic E-state index is 12.0. The lowest BCUT2D eigenvalue weighted by molar-refractivity contribution is 0.0965. The van der Waals surface area contributed by atoms with Gasteiger partial charge in [0.25, 0.3) is 5.56 Å². The van der Waals surface area contributed by atoms with E-state index in [-0.39, 0.29) is 11.3 Å². The zero-order valence-corrected chi connectivity index (χ0v) is 9.80. The topological polar surface area (TPSA) is 52.0 Å². The predicted molar refractivity (Wildman–Crippen MR) is 67.1 cm³/mol. The summed E-state index contributed by atoms with van der Waals surface area (Å²) in [5, 5.41) is 4.22. The molecule has 0 saturated carbocycles. The van der Waals surface area contributed by atoms with E-state index < -0.39 is 0 Å². The molecule has 0 unspecified atom stereocenters. The van der Waals surface area contributed by atoms with Crippen LogP contribution in [-0.4, -0.2) is 15.6 Å². The Bertz CT molecular complexity index is 659. The minimum atomic E-state index is -0.186. The lowest BCUT2D eigenvalue weighted by atomic mass is 9.96. The highest BCUT2D eigenvalue weighted by atomic mass is 16.1. The maximum Gasteiger partial charge on any atom is 0.271 e. The fourth-order valence-electron chi connectivity index (χ4n) is 2.23. The molecule has 1 aliphatic carbocycles. The van der Waals surface area contributed by atoms with Crippen LogP contribution in [-0.2, 0) is 6.42 Å². The normalized spacial score (nSPS) is 14.3. The van der Waals surface area contributed by atoms with Gasteiger partial charge in [-0.2, -0.15) is 9.78 Å². The summed E-state index contributed by atoms with van der Waals surface area (Å²) in [6.45, 7) is 0. The molecule has 0 amide bonds. The maximum absolute atomic E-state index is 12.0. The molecule has 0 bridgehead atoms. The standard InChI is InChI=1S/C14H12N2O2/c17-12-8-4-5-10-9-13(18)16(15-14(10)12)11-6-2-1-3-7-11/h1-3,6-7,9H,4-5,8H2. The van der Waals surface area contributed by atoms with Crippen LogP contribution < -0.4 is 5.56 Å².